The van der Waals surface area contributed by atoms with Crippen molar-refractivity contribution in [1.29, 1.82) is 0 Å². The number of anilines is 1. The van der Waals surface area contributed by atoms with Gasteiger partial charge in [-0.1, -0.05) is 0 Å². The zero-order valence-electron chi connectivity index (χ0n) is 15.1. The molecule has 2 atom stereocenters. The second kappa shape index (κ2) is 5.97. The lowest BCUT2D eigenvalue weighted by Gasteiger charge is -2.38. The molecule has 1 aliphatic carbocycles. The van der Waals surface area contributed by atoms with Crippen molar-refractivity contribution < 1.29 is 5.11 Å². The highest BCUT2D eigenvalue weighted by atomic mass is 32.1. The van der Waals surface area contributed by atoms with Crippen LogP contribution in [-0.2, 0) is 12.8 Å². The fourth-order valence-electron chi connectivity index (χ4n) is 5.28. The highest BCUT2D eigenvalue weighted by Gasteiger charge is 2.42. The third-order valence-electron chi connectivity index (χ3n) is 6.42. The Labute approximate surface area is 162 Å². The number of nitrogens with zero attached hydrogens (tertiary/aromatic N) is 4. The molecule has 0 saturated carbocycles. The summed E-state index contributed by atoms with van der Waals surface area (Å²) in [5.74, 6) is 1.88. The second-order valence-corrected chi connectivity index (χ2v) is 9.15. The Morgan fingerprint density at radius 2 is 1.96 bits per heavy atom. The van der Waals surface area contributed by atoms with Crippen molar-refractivity contribution in [3.8, 4) is 11.4 Å². The molecule has 2 bridgehead atoms. The van der Waals surface area contributed by atoms with E-state index in [2.05, 4.69) is 9.88 Å². The quantitative estimate of drug-likeness (QED) is 0.736. The number of fused-ring (bicyclic) bond motifs is 5. The number of pyridine rings is 1. The van der Waals surface area contributed by atoms with Crippen LogP contribution in [0.15, 0.2) is 24.5 Å². The van der Waals surface area contributed by atoms with Crippen LogP contribution in [0.3, 0.4) is 0 Å². The van der Waals surface area contributed by atoms with Crippen LogP contribution in [0.1, 0.15) is 42.5 Å². The molecule has 0 spiro atoms. The van der Waals surface area contributed by atoms with E-state index in [0.29, 0.717) is 12.1 Å². The molecule has 3 aromatic heterocycles. The maximum absolute atomic E-state index is 10.2. The molecular formula is C21H22N4OS. The van der Waals surface area contributed by atoms with Crippen molar-refractivity contribution in [1.82, 2.24) is 15.0 Å². The zero-order chi connectivity index (χ0) is 18.0. The lowest BCUT2D eigenvalue weighted by Crippen LogP contribution is -2.45. The zero-order valence-corrected chi connectivity index (χ0v) is 16.0. The van der Waals surface area contributed by atoms with E-state index in [1.165, 1.54) is 28.7 Å². The third-order valence-corrected chi connectivity index (χ3v) is 7.60. The molecule has 3 aliphatic rings. The standard InChI is InChI=1S/C21H22N4OS/c26-15-9-13-6-7-14(10-15)25(13)20-18-16-4-1-5-17(16)27-21(18)24-19(23-20)12-3-2-8-22-11-12/h2-3,8,11,13-15,26H,1,4-7,9-10H2. The largest absolute Gasteiger partial charge is 0.393 e. The fourth-order valence-corrected chi connectivity index (χ4v) is 6.54. The van der Waals surface area contributed by atoms with Crippen LogP contribution in [0.5, 0.6) is 0 Å². The van der Waals surface area contributed by atoms with Gasteiger partial charge >= 0.3 is 0 Å². The Hall–Kier alpha value is -2.05. The smallest absolute Gasteiger partial charge is 0.164 e. The normalized spacial score (nSPS) is 26.7. The number of aromatic nitrogens is 3. The molecule has 6 heteroatoms. The number of aliphatic hydroxyl groups is 1. The first-order valence-electron chi connectivity index (χ1n) is 9.97. The maximum Gasteiger partial charge on any atom is 0.164 e. The molecule has 0 radical (unpaired) electrons. The molecule has 1 N–H and O–H groups in total. The molecule has 0 aromatic carbocycles. The fraction of sp³-hybridized carbons (Fsp3) is 0.476. The second-order valence-electron chi connectivity index (χ2n) is 8.07. The highest BCUT2D eigenvalue weighted by molar-refractivity contribution is 7.19. The van der Waals surface area contributed by atoms with Gasteiger partial charge in [0.1, 0.15) is 10.6 Å². The minimum Gasteiger partial charge on any atom is -0.393 e. The summed E-state index contributed by atoms with van der Waals surface area (Å²) in [4.78, 5) is 19.5. The molecule has 5 heterocycles. The Morgan fingerprint density at radius 3 is 2.74 bits per heavy atom. The minimum atomic E-state index is -0.165. The van der Waals surface area contributed by atoms with Crippen LogP contribution in [-0.4, -0.2) is 38.2 Å². The van der Waals surface area contributed by atoms with E-state index < -0.39 is 0 Å². The van der Waals surface area contributed by atoms with Gasteiger partial charge in [-0.3, -0.25) is 4.98 Å². The molecule has 0 amide bonds. The van der Waals surface area contributed by atoms with Crippen molar-refractivity contribution in [2.75, 3.05) is 4.90 Å². The van der Waals surface area contributed by atoms with Gasteiger partial charge < -0.3 is 10.0 Å². The topological polar surface area (TPSA) is 62.1 Å². The van der Waals surface area contributed by atoms with E-state index in [1.54, 1.807) is 6.20 Å². The first-order chi connectivity index (χ1) is 13.3. The third kappa shape index (κ3) is 2.43. The summed E-state index contributed by atoms with van der Waals surface area (Å²) in [5, 5.41) is 11.5. The van der Waals surface area contributed by atoms with Gasteiger partial charge in [0.05, 0.1) is 11.5 Å². The molecule has 2 unspecified atom stereocenters. The van der Waals surface area contributed by atoms with Crippen molar-refractivity contribution in [3.63, 3.8) is 0 Å². The summed E-state index contributed by atoms with van der Waals surface area (Å²) in [6, 6.07) is 4.78. The van der Waals surface area contributed by atoms with Crippen LogP contribution < -0.4 is 4.90 Å². The van der Waals surface area contributed by atoms with Gasteiger partial charge in [-0.15, -0.1) is 11.3 Å². The van der Waals surface area contributed by atoms with Crippen molar-refractivity contribution in [2.24, 2.45) is 0 Å². The Bertz CT molecular complexity index is 1000. The number of hydrogen-bond acceptors (Lipinski definition) is 6. The van der Waals surface area contributed by atoms with Crippen LogP contribution >= 0.6 is 11.3 Å². The first kappa shape index (κ1) is 16.0. The lowest BCUT2D eigenvalue weighted by atomic mass is 9.99. The van der Waals surface area contributed by atoms with Crippen LogP contribution in [0.4, 0.5) is 5.82 Å². The number of aliphatic hydroxyl groups excluding tert-OH is 1. The monoisotopic (exact) mass is 378 g/mol. The van der Waals surface area contributed by atoms with Crippen molar-refractivity contribution in [3.05, 3.63) is 35.0 Å². The maximum atomic E-state index is 10.2. The van der Waals surface area contributed by atoms with Gasteiger partial charge in [-0.2, -0.15) is 0 Å². The van der Waals surface area contributed by atoms with E-state index in [9.17, 15) is 5.11 Å². The minimum absolute atomic E-state index is 0.165. The summed E-state index contributed by atoms with van der Waals surface area (Å²) >= 11 is 1.85. The van der Waals surface area contributed by atoms with E-state index in [0.717, 1.165) is 54.1 Å². The summed E-state index contributed by atoms with van der Waals surface area (Å²) in [6.45, 7) is 0. The van der Waals surface area contributed by atoms with Gasteiger partial charge in [0.15, 0.2) is 5.82 Å². The highest BCUT2D eigenvalue weighted by Crippen LogP contribution is 2.46. The number of hydrogen-bond donors (Lipinski definition) is 1. The Kier molecular flexibility index (Phi) is 3.53. The first-order valence-corrected chi connectivity index (χ1v) is 10.8. The van der Waals surface area contributed by atoms with Gasteiger partial charge in [0, 0.05) is 34.9 Å². The van der Waals surface area contributed by atoms with Crippen molar-refractivity contribution >= 4 is 27.4 Å². The molecular weight excluding hydrogens is 356 g/mol. The van der Waals surface area contributed by atoms with Crippen LogP contribution in [0.2, 0.25) is 0 Å². The van der Waals surface area contributed by atoms with E-state index in [-0.39, 0.29) is 6.10 Å². The molecule has 5 nitrogen and oxygen atoms in total. The predicted octanol–water partition coefficient (Wildman–Crippen LogP) is 3.73. The van der Waals surface area contributed by atoms with Crippen molar-refractivity contribution in [2.45, 2.75) is 63.1 Å². The van der Waals surface area contributed by atoms with Crippen LogP contribution in [0.25, 0.3) is 21.6 Å². The molecule has 6 rings (SSSR count). The number of aryl methyl sites for hydroxylation is 2. The lowest BCUT2D eigenvalue weighted by molar-refractivity contribution is 0.126. The molecule has 3 aromatic rings. The van der Waals surface area contributed by atoms with E-state index in [1.807, 2.05) is 29.7 Å². The number of piperidine rings is 1. The summed E-state index contributed by atoms with van der Waals surface area (Å²) in [5.41, 5.74) is 2.45. The van der Waals surface area contributed by atoms with Gasteiger partial charge in [0.25, 0.3) is 0 Å². The summed E-state index contributed by atoms with van der Waals surface area (Å²) < 4.78 is 0. The Balaban J connectivity index is 1.58. The number of rotatable bonds is 2. The number of thiophene rings is 1. The van der Waals surface area contributed by atoms with Gasteiger partial charge in [0.2, 0.25) is 0 Å². The average molecular weight is 379 g/mol. The van der Waals surface area contributed by atoms with E-state index in [4.69, 9.17) is 9.97 Å². The molecule has 2 aliphatic heterocycles. The molecule has 2 saturated heterocycles. The summed E-state index contributed by atoms with van der Waals surface area (Å²) in [6.07, 6.45) is 11.0. The SMILES string of the molecule is OC1CC2CCC(C1)N2c1nc(-c2cccnc2)nc2sc3c(c12)CCC3. The van der Waals surface area contributed by atoms with Crippen LogP contribution in [0, 0.1) is 0 Å². The molecule has 138 valence electrons. The predicted molar refractivity (Wildman–Crippen MR) is 107 cm³/mol. The molecule has 2 fully saturated rings. The summed E-state index contributed by atoms with van der Waals surface area (Å²) in [7, 11) is 0. The average Bonchev–Trinajstić information content (AvgIpc) is 3.33. The van der Waals surface area contributed by atoms with E-state index >= 15 is 0 Å². The molecule has 27 heavy (non-hydrogen) atoms. The van der Waals surface area contributed by atoms with Gasteiger partial charge in [-0.05, 0) is 62.6 Å². The Morgan fingerprint density at radius 1 is 1.11 bits per heavy atom. The van der Waals surface area contributed by atoms with Gasteiger partial charge in [-0.25, -0.2) is 9.97 Å².